The van der Waals surface area contributed by atoms with E-state index in [0.29, 0.717) is 5.41 Å². The molecule has 1 aliphatic carbocycles. The summed E-state index contributed by atoms with van der Waals surface area (Å²) in [5, 5.41) is 0. The van der Waals surface area contributed by atoms with Crippen LogP contribution in [0.3, 0.4) is 0 Å². The van der Waals surface area contributed by atoms with Gasteiger partial charge >= 0.3 is 0 Å². The monoisotopic (exact) mass is 268 g/mol. The molecule has 19 heavy (non-hydrogen) atoms. The number of likely N-dealkylation sites (N-methyl/N-ethyl adjacent to an activating group) is 1. The zero-order valence-corrected chi connectivity index (χ0v) is 14.0. The molecule has 0 heterocycles. The Bertz CT molecular complexity index is 262. The Morgan fingerprint density at radius 1 is 1.11 bits per heavy atom. The van der Waals surface area contributed by atoms with E-state index >= 15 is 0 Å². The molecule has 0 aromatic rings. The second kappa shape index (κ2) is 7.08. The summed E-state index contributed by atoms with van der Waals surface area (Å²) in [4.78, 5) is 2.70. The average Bonchev–Trinajstić information content (AvgIpc) is 2.55. The lowest BCUT2D eigenvalue weighted by Gasteiger charge is -2.44. The lowest BCUT2D eigenvalue weighted by atomic mass is 9.82. The van der Waals surface area contributed by atoms with Crippen LogP contribution in [-0.4, -0.2) is 30.1 Å². The van der Waals surface area contributed by atoms with Gasteiger partial charge in [0.05, 0.1) is 0 Å². The van der Waals surface area contributed by atoms with E-state index in [0.717, 1.165) is 19.0 Å². The van der Waals surface area contributed by atoms with Gasteiger partial charge in [-0.2, -0.15) is 0 Å². The Labute approximate surface area is 121 Å². The van der Waals surface area contributed by atoms with Crippen molar-refractivity contribution in [1.29, 1.82) is 0 Å². The van der Waals surface area contributed by atoms with Crippen molar-refractivity contribution in [3.05, 3.63) is 0 Å². The highest BCUT2D eigenvalue weighted by molar-refractivity contribution is 4.95. The van der Waals surface area contributed by atoms with E-state index in [-0.39, 0.29) is 5.54 Å². The maximum absolute atomic E-state index is 6.25. The zero-order chi connectivity index (χ0) is 14.5. The molecule has 0 spiro atoms. The number of nitrogens with zero attached hydrogens (tertiary/aromatic N) is 1. The van der Waals surface area contributed by atoms with Gasteiger partial charge in [-0.05, 0) is 43.6 Å². The van der Waals surface area contributed by atoms with E-state index in [4.69, 9.17) is 5.73 Å². The third-order valence-corrected chi connectivity index (χ3v) is 5.42. The Morgan fingerprint density at radius 3 is 2.32 bits per heavy atom. The first-order valence-electron chi connectivity index (χ1n) is 8.34. The highest BCUT2D eigenvalue weighted by Gasteiger charge is 2.38. The van der Waals surface area contributed by atoms with Gasteiger partial charge in [0.2, 0.25) is 0 Å². The van der Waals surface area contributed by atoms with E-state index in [9.17, 15) is 0 Å². The second-order valence-corrected chi connectivity index (χ2v) is 7.50. The normalized spacial score (nSPS) is 29.2. The van der Waals surface area contributed by atoms with Crippen molar-refractivity contribution in [2.24, 2.45) is 17.1 Å². The fourth-order valence-electron chi connectivity index (χ4n) is 3.53. The molecule has 0 amide bonds. The number of rotatable bonds is 6. The maximum atomic E-state index is 6.25. The molecule has 1 fully saturated rings. The van der Waals surface area contributed by atoms with Crippen molar-refractivity contribution in [3.8, 4) is 0 Å². The Morgan fingerprint density at radius 2 is 1.79 bits per heavy atom. The van der Waals surface area contributed by atoms with Gasteiger partial charge in [0, 0.05) is 18.6 Å². The van der Waals surface area contributed by atoms with Gasteiger partial charge in [-0.1, -0.05) is 47.5 Å². The first-order valence-corrected chi connectivity index (χ1v) is 8.34. The minimum atomic E-state index is 0.270. The summed E-state index contributed by atoms with van der Waals surface area (Å²) < 4.78 is 0. The van der Waals surface area contributed by atoms with Crippen LogP contribution in [0.5, 0.6) is 0 Å². The van der Waals surface area contributed by atoms with Crippen LogP contribution in [0.4, 0.5) is 0 Å². The largest absolute Gasteiger partial charge is 0.329 e. The Balaban J connectivity index is 2.81. The minimum absolute atomic E-state index is 0.270. The first-order chi connectivity index (χ1) is 8.89. The minimum Gasteiger partial charge on any atom is -0.329 e. The molecular weight excluding hydrogens is 232 g/mol. The van der Waals surface area contributed by atoms with Gasteiger partial charge in [-0.25, -0.2) is 0 Å². The van der Waals surface area contributed by atoms with Crippen LogP contribution in [0.25, 0.3) is 0 Å². The standard InChI is InChI=1S/C17H36N2/c1-6-15(3)13-19(7-2)17(14-18)10-8-9-16(4,5)11-12-17/h15H,6-14,18H2,1-5H3. The fraction of sp³-hybridized carbons (Fsp3) is 1.00. The topological polar surface area (TPSA) is 29.3 Å². The average molecular weight is 268 g/mol. The highest BCUT2D eigenvalue weighted by Crippen LogP contribution is 2.40. The molecule has 2 heteroatoms. The van der Waals surface area contributed by atoms with Crippen LogP contribution >= 0.6 is 0 Å². The number of hydrogen-bond donors (Lipinski definition) is 1. The molecule has 2 N–H and O–H groups in total. The summed E-state index contributed by atoms with van der Waals surface area (Å²) in [6.45, 7) is 15.0. The quantitative estimate of drug-likeness (QED) is 0.737. The fourth-order valence-corrected chi connectivity index (χ4v) is 3.53. The first kappa shape index (κ1) is 17.0. The molecule has 1 rings (SSSR count). The number of nitrogens with two attached hydrogens (primary N) is 1. The molecule has 2 atom stereocenters. The van der Waals surface area contributed by atoms with Gasteiger partial charge in [0.1, 0.15) is 0 Å². The molecule has 0 aromatic carbocycles. The van der Waals surface area contributed by atoms with E-state index in [2.05, 4.69) is 39.5 Å². The van der Waals surface area contributed by atoms with Crippen molar-refractivity contribution < 1.29 is 0 Å². The lowest BCUT2D eigenvalue weighted by Crippen LogP contribution is -2.54. The van der Waals surface area contributed by atoms with Gasteiger partial charge in [-0.15, -0.1) is 0 Å². The summed E-state index contributed by atoms with van der Waals surface area (Å²) in [5.41, 5.74) is 7.02. The molecule has 114 valence electrons. The van der Waals surface area contributed by atoms with Gasteiger partial charge in [0.15, 0.2) is 0 Å². The van der Waals surface area contributed by atoms with Crippen molar-refractivity contribution in [2.75, 3.05) is 19.6 Å². The van der Waals surface area contributed by atoms with Gasteiger partial charge in [0.25, 0.3) is 0 Å². The molecule has 0 aliphatic heterocycles. The summed E-state index contributed by atoms with van der Waals surface area (Å²) in [5.74, 6) is 0.777. The molecule has 2 nitrogen and oxygen atoms in total. The summed E-state index contributed by atoms with van der Waals surface area (Å²) >= 11 is 0. The maximum Gasteiger partial charge on any atom is 0.0331 e. The van der Waals surface area contributed by atoms with Crippen LogP contribution < -0.4 is 5.73 Å². The third kappa shape index (κ3) is 4.46. The molecule has 0 bridgehead atoms. The molecule has 2 unspecified atom stereocenters. The van der Waals surface area contributed by atoms with Crippen molar-refractivity contribution >= 4 is 0 Å². The van der Waals surface area contributed by atoms with Gasteiger partial charge < -0.3 is 5.73 Å². The van der Waals surface area contributed by atoms with E-state index in [1.165, 1.54) is 45.1 Å². The predicted octanol–water partition coefficient (Wildman–Crippen LogP) is 4.04. The van der Waals surface area contributed by atoms with E-state index < -0.39 is 0 Å². The highest BCUT2D eigenvalue weighted by atomic mass is 15.2. The smallest absolute Gasteiger partial charge is 0.0331 e. The molecular formula is C17H36N2. The summed E-state index contributed by atoms with van der Waals surface area (Å²) in [6.07, 6.45) is 7.85. The predicted molar refractivity (Wildman–Crippen MR) is 85.4 cm³/mol. The molecule has 1 aliphatic rings. The zero-order valence-electron chi connectivity index (χ0n) is 14.0. The molecule has 0 radical (unpaired) electrons. The van der Waals surface area contributed by atoms with Crippen molar-refractivity contribution in [2.45, 2.75) is 78.7 Å². The lowest BCUT2D eigenvalue weighted by molar-refractivity contribution is 0.0657. The SMILES string of the molecule is CCC(C)CN(CC)C1(CN)CCCC(C)(C)CC1. The van der Waals surface area contributed by atoms with Gasteiger partial charge in [-0.3, -0.25) is 4.90 Å². The third-order valence-electron chi connectivity index (χ3n) is 5.42. The summed E-state index contributed by atoms with van der Waals surface area (Å²) in [6, 6.07) is 0. The van der Waals surface area contributed by atoms with Crippen LogP contribution in [0.1, 0.15) is 73.1 Å². The second-order valence-electron chi connectivity index (χ2n) is 7.50. The van der Waals surface area contributed by atoms with Crippen LogP contribution in [0.15, 0.2) is 0 Å². The molecule has 0 aromatic heterocycles. The summed E-state index contributed by atoms with van der Waals surface area (Å²) in [7, 11) is 0. The Hall–Kier alpha value is -0.0800. The van der Waals surface area contributed by atoms with Crippen molar-refractivity contribution in [3.63, 3.8) is 0 Å². The Kier molecular flexibility index (Phi) is 6.32. The van der Waals surface area contributed by atoms with E-state index in [1.54, 1.807) is 0 Å². The molecule has 1 saturated carbocycles. The van der Waals surface area contributed by atoms with Crippen LogP contribution in [0.2, 0.25) is 0 Å². The van der Waals surface area contributed by atoms with Crippen molar-refractivity contribution in [1.82, 2.24) is 4.90 Å². The van der Waals surface area contributed by atoms with Crippen LogP contribution in [-0.2, 0) is 0 Å². The van der Waals surface area contributed by atoms with Crippen LogP contribution in [0, 0.1) is 11.3 Å². The van der Waals surface area contributed by atoms with E-state index in [1.807, 2.05) is 0 Å². The number of hydrogen-bond acceptors (Lipinski definition) is 2. The molecule has 0 saturated heterocycles.